The predicted octanol–water partition coefficient (Wildman–Crippen LogP) is 1.11. The van der Waals surface area contributed by atoms with Gasteiger partial charge in [-0.15, -0.1) is 0 Å². The molecule has 0 saturated carbocycles. The van der Waals surface area contributed by atoms with Crippen LogP contribution in [0.25, 0.3) is 0 Å². The maximum atomic E-state index is 12.3. The van der Waals surface area contributed by atoms with Crippen LogP contribution in [0, 0.1) is 0 Å². The number of hydrogen-bond donors (Lipinski definition) is 1. The number of rotatable bonds is 5. The van der Waals surface area contributed by atoms with E-state index in [1.165, 1.54) is 0 Å². The molecule has 1 heterocycles. The lowest BCUT2D eigenvalue weighted by Crippen LogP contribution is -2.54. The molecule has 0 radical (unpaired) electrons. The first kappa shape index (κ1) is 16.9. The van der Waals surface area contributed by atoms with Gasteiger partial charge in [0.25, 0.3) is 0 Å². The second-order valence-electron chi connectivity index (χ2n) is 5.53. The topological polar surface area (TPSA) is 52.6 Å². The quantitative estimate of drug-likeness (QED) is 0.783. The number of nitrogens with zero attached hydrogens (tertiary/aromatic N) is 2. The normalized spacial score (nSPS) is 21.6. The van der Waals surface area contributed by atoms with Crippen LogP contribution in [-0.4, -0.2) is 64.5 Å². The first-order valence-corrected chi connectivity index (χ1v) is 9.56. The summed E-state index contributed by atoms with van der Waals surface area (Å²) in [4.78, 5) is 4.75. The van der Waals surface area contributed by atoms with Gasteiger partial charge in [-0.3, -0.25) is 4.90 Å². The third kappa shape index (κ3) is 4.50. The van der Waals surface area contributed by atoms with Gasteiger partial charge < -0.3 is 4.90 Å². The van der Waals surface area contributed by atoms with Crippen LogP contribution in [0.5, 0.6) is 0 Å². The Labute approximate surface area is 135 Å². The zero-order chi connectivity index (χ0) is 15.5. The summed E-state index contributed by atoms with van der Waals surface area (Å²) in [6.07, 6.45) is 0. The fraction of sp³-hybridized carbons (Fsp3) is 0.571. The molecule has 1 unspecified atom stereocenters. The van der Waals surface area contributed by atoms with Crippen molar-refractivity contribution in [1.29, 1.82) is 0 Å². The van der Waals surface area contributed by atoms with Gasteiger partial charge in [0.2, 0.25) is 10.0 Å². The van der Waals surface area contributed by atoms with Gasteiger partial charge in [-0.1, -0.05) is 28.1 Å². The van der Waals surface area contributed by atoms with E-state index in [4.69, 9.17) is 0 Å². The van der Waals surface area contributed by atoms with Gasteiger partial charge in [0, 0.05) is 37.6 Å². The highest BCUT2D eigenvalue weighted by molar-refractivity contribution is 9.08. The second-order valence-corrected chi connectivity index (χ2v) is 7.85. The number of piperazine rings is 1. The lowest BCUT2D eigenvalue weighted by Gasteiger charge is -2.37. The van der Waals surface area contributed by atoms with E-state index in [2.05, 4.69) is 37.5 Å². The summed E-state index contributed by atoms with van der Waals surface area (Å²) in [6, 6.07) is 7.15. The molecule has 0 aromatic heterocycles. The highest BCUT2D eigenvalue weighted by atomic mass is 79.9. The molecule has 1 aromatic rings. The Hall–Kier alpha value is -0.470. The lowest BCUT2D eigenvalue weighted by atomic mass is 10.2. The molecule has 1 atom stereocenters. The summed E-state index contributed by atoms with van der Waals surface area (Å²) in [5.74, 6) is 0. The summed E-state index contributed by atoms with van der Waals surface area (Å²) in [5, 5.41) is 0.722. The van der Waals surface area contributed by atoms with Gasteiger partial charge in [-0.25, -0.2) is 13.1 Å². The Bertz CT molecular complexity index is 562. The van der Waals surface area contributed by atoms with Crippen LogP contribution in [0.15, 0.2) is 29.2 Å². The number of benzene rings is 1. The SMILES string of the molecule is CN1CCN(C)C(CNS(=O)(=O)c2ccc(CBr)cc2)C1. The third-order valence-corrected chi connectivity index (χ3v) is 5.96. The highest BCUT2D eigenvalue weighted by Crippen LogP contribution is 2.13. The van der Waals surface area contributed by atoms with E-state index < -0.39 is 10.0 Å². The summed E-state index contributed by atoms with van der Waals surface area (Å²) < 4.78 is 27.3. The molecule has 0 bridgehead atoms. The second kappa shape index (κ2) is 7.19. The van der Waals surface area contributed by atoms with E-state index in [1.807, 2.05) is 19.2 Å². The predicted molar refractivity (Wildman–Crippen MR) is 88.2 cm³/mol. The van der Waals surface area contributed by atoms with Crippen LogP contribution in [0.2, 0.25) is 0 Å². The van der Waals surface area contributed by atoms with Crippen LogP contribution in [0.1, 0.15) is 5.56 Å². The van der Waals surface area contributed by atoms with E-state index in [-0.39, 0.29) is 6.04 Å². The molecule has 1 aromatic carbocycles. The molecule has 5 nitrogen and oxygen atoms in total. The van der Waals surface area contributed by atoms with Crippen molar-refractivity contribution in [3.63, 3.8) is 0 Å². The van der Waals surface area contributed by atoms with Crippen LogP contribution >= 0.6 is 15.9 Å². The van der Waals surface area contributed by atoms with Crippen molar-refractivity contribution < 1.29 is 8.42 Å². The minimum absolute atomic E-state index is 0.209. The molecule has 7 heteroatoms. The maximum absolute atomic E-state index is 12.3. The smallest absolute Gasteiger partial charge is 0.240 e. The Balaban J connectivity index is 2.00. The first-order chi connectivity index (χ1) is 9.92. The summed E-state index contributed by atoms with van der Waals surface area (Å²) in [6.45, 7) is 3.29. The lowest BCUT2D eigenvalue weighted by molar-refractivity contribution is 0.117. The van der Waals surface area contributed by atoms with Gasteiger partial charge in [0.1, 0.15) is 0 Å². The number of halogens is 1. The van der Waals surface area contributed by atoms with Crippen molar-refractivity contribution in [2.75, 3.05) is 40.3 Å². The average molecular weight is 376 g/mol. The Morgan fingerprint density at radius 2 is 1.90 bits per heavy atom. The number of nitrogens with one attached hydrogen (secondary N) is 1. The molecule has 1 fully saturated rings. The third-order valence-electron chi connectivity index (χ3n) is 3.88. The fourth-order valence-corrected chi connectivity index (χ4v) is 3.82. The van der Waals surface area contributed by atoms with Gasteiger partial charge >= 0.3 is 0 Å². The maximum Gasteiger partial charge on any atom is 0.240 e. The molecule has 21 heavy (non-hydrogen) atoms. The van der Waals surface area contributed by atoms with E-state index in [0.29, 0.717) is 11.4 Å². The molecule has 0 amide bonds. The molecule has 118 valence electrons. The molecule has 2 rings (SSSR count). The van der Waals surface area contributed by atoms with Gasteiger partial charge in [0.15, 0.2) is 0 Å². The van der Waals surface area contributed by atoms with E-state index in [9.17, 15) is 8.42 Å². The summed E-state index contributed by atoms with van der Waals surface area (Å²) in [5.41, 5.74) is 1.06. The van der Waals surface area contributed by atoms with Gasteiger partial charge in [-0.2, -0.15) is 0 Å². The largest absolute Gasteiger partial charge is 0.303 e. The molecule has 0 aliphatic carbocycles. The molecule has 0 spiro atoms. The number of likely N-dealkylation sites (N-methyl/N-ethyl adjacent to an activating group) is 2. The molecule has 1 aliphatic heterocycles. The minimum atomic E-state index is -3.44. The van der Waals surface area contributed by atoms with Crippen molar-refractivity contribution in [2.45, 2.75) is 16.3 Å². The highest BCUT2D eigenvalue weighted by Gasteiger charge is 2.24. The average Bonchev–Trinajstić information content (AvgIpc) is 2.48. The summed E-state index contributed by atoms with van der Waals surface area (Å²) >= 11 is 3.35. The molecule has 1 saturated heterocycles. The van der Waals surface area contributed by atoms with Crippen molar-refractivity contribution in [3.8, 4) is 0 Å². The van der Waals surface area contributed by atoms with E-state index in [0.717, 1.165) is 30.5 Å². The molecular formula is C14H22BrN3O2S. The van der Waals surface area contributed by atoms with Crippen molar-refractivity contribution in [1.82, 2.24) is 14.5 Å². The van der Waals surface area contributed by atoms with Crippen LogP contribution in [0.4, 0.5) is 0 Å². The van der Waals surface area contributed by atoms with Crippen LogP contribution in [0.3, 0.4) is 0 Å². The summed E-state index contributed by atoms with van der Waals surface area (Å²) in [7, 11) is 0.665. The zero-order valence-electron chi connectivity index (χ0n) is 12.4. The van der Waals surface area contributed by atoms with E-state index in [1.54, 1.807) is 12.1 Å². The number of sulfonamides is 1. The van der Waals surface area contributed by atoms with Crippen LogP contribution < -0.4 is 4.72 Å². The Kier molecular flexibility index (Phi) is 5.79. The standard InChI is InChI=1S/C14H22BrN3O2S/c1-17-7-8-18(2)13(11-17)10-16-21(19,20)14-5-3-12(9-15)4-6-14/h3-6,13,16H,7-11H2,1-2H3. The molecule has 1 N–H and O–H groups in total. The first-order valence-electron chi connectivity index (χ1n) is 6.96. The monoisotopic (exact) mass is 375 g/mol. The van der Waals surface area contributed by atoms with Gasteiger partial charge in [-0.05, 0) is 31.8 Å². The molecular weight excluding hydrogens is 354 g/mol. The Morgan fingerprint density at radius 3 is 2.52 bits per heavy atom. The van der Waals surface area contributed by atoms with Crippen molar-refractivity contribution in [2.24, 2.45) is 0 Å². The van der Waals surface area contributed by atoms with Gasteiger partial charge in [0.05, 0.1) is 4.90 Å². The van der Waals surface area contributed by atoms with Crippen molar-refractivity contribution in [3.05, 3.63) is 29.8 Å². The van der Waals surface area contributed by atoms with E-state index >= 15 is 0 Å². The minimum Gasteiger partial charge on any atom is -0.303 e. The fourth-order valence-electron chi connectivity index (χ4n) is 2.37. The number of hydrogen-bond acceptors (Lipinski definition) is 4. The molecule has 1 aliphatic rings. The Morgan fingerprint density at radius 1 is 1.24 bits per heavy atom. The van der Waals surface area contributed by atoms with Crippen molar-refractivity contribution >= 4 is 26.0 Å². The van der Waals surface area contributed by atoms with Crippen LogP contribution in [-0.2, 0) is 15.4 Å². The number of alkyl halides is 1. The zero-order valence-corrected chi connectivity index (χ0v) is 14.8.